The molecule has 2 nitrogen and oxygen atoms in total. The van der Waals surface area contributed by atoms with E-state index in [0.29, 0.717) is 0 Å². The third-order valence-electron chi connectivity index (χ3n) is 4.13. The molecule has 0 aromatic rings. The van der Waals surface area contributed by atoms with Crippen LogP contribution in [-0.2, 0) is 4.74 Å². The summed E-state index contributed by atoms with van der Waals surface area (Å²) in [6.45, 7) is 3.95. The third-order valence-corrected chi connectivity index (χ3v) is 4.13. The van der Waals surface area contributed by atoms with Crippen molar-refractivity contribution >= 4 is 0 Å². The summed E-state index contributed by atoms with van der Waals surface area (Å²) in [6.07, 6.45) is 15.6. The molecule has 0 aliphatic heterocycles. The Bertz CT molecular complexity index is 186. The standard InChI is InChI=1S/C16H33NO/c1-2-3-4-5-8-11-14-18-15-16(17)12-9-6-7-10-13-16/h2-15,17H2,1H3. The molecule has 18 heavy (non-hydrogen) atoms. The van der Waals surface area contributed by atoms with E-state index in [-0.39, 0.29) is 5.54 Å². The number of ether oxygens (including phenoxy) is 1. The minimum Gasteiger partial charge on any atom is -0.380 e. The van der Waals surface area contributed by atoms with Crippen LogP contribution in [-0.4, -0.2) is 18.8 Å². The fourth-order valence-corrected chi connectivity index (χ4v) is 2.84. The van der Waals surface area contributed by atoms with Gasteiger partial charge in [-0.05, 0) is 19.3 Å². The summed E-state index contributed by atoms with van der Waals surface area (Å²) in [5.74, 6) is 0. The molecule has 0 radical (unpaired) electrons. The molecule has 0 aromatic heterocycles. The Kier molecular flexibility index (Phi) is 8.70. The van der Waals surface area contributed by atoms with E-state index in [0.717, 1.165) is 26.1 Å². The quantitative estimate of drug-likeness (QED) is 0.489. The van der Waals surface area contributed by atoms with Crippen molar-refractivity contribution in [3.05, 3.63) is 0 Å². The summed E-state index contributed by atoms with van der Waals surface area (Å²) in [5, 5.41) is 0. The third kappa shape index (κ3) is 7.38. The van der Waals surface area contributed by atoms with Crippen LogP contribution in [0.15, 0.2) is 0 Å². The van der Waals surface area contributed by atoms with Gasteiger partial charge in [-0.3, -0.25) is 0 Å². The largest absolute Gasteiger partial charge is 0.380 e. The van der Waals surface area contributed by atoms with E-state index in [4.69, 9.17) is 10.5 Å². The number of hydrogen-bond acceptors (Lipinski definition) is 2. The van der Waals surface area contributed by atoms with E-state index in [1.54, 1.807) is 0 Å². The van der Waals surface area contributed by atoms with Gasteiger partial charge >= 0.3 is 0 Å². The molecule has 1 fully saturated rings. The number of unbranched alkanes of at least 4 members (excludes halogenated alkanes) is 5. The molecular formula is C16H33NO. The first-order valence-electron chi connectivity index (χ1n) is 8.13. The molecule has 0 saturated heterocycles. The molecule has 108 valence electrons. The van der Waals surface area contributed by atoms with Gasteiger partial charge < -0.3 is 10.5 Å². The van der Waals surface area contributed by atoms with Crippen LogP contribution >= 0.6 is 0 Å². The predicted octanol–water partition coefficient (Wildman–Crippen LogP) is 4.42. The first kappa shape index (κ1) is 16.0. The minimum absolute atomic E-state index is 0.0152. The maximum atomic E-state index is 6.41. The average Bonchev–Trinajstić information content (AvgIpc) is 2.58. The van der Waals surface area contributed by atoms with Gasteiger partial charge in [0.15, 0.2) is 0 Å². The van der Waals surface area contributed by atoms with E-state index >= 15 is 0 Å². The normalized spacial score (nSPS) is 19.7. The zero-order valence-corrected chi connectivity index (χ0v) is 12.4. The second kappa shape index (κ2) is 9.80. The minimum atomic E-state index is -0.0152. The van der Waals surface area contributed by atoms with E-state index in [1.807, 2.05) is 0 Å². The smallest absolute Gasteiger partial charge is 0.0646 e. The van der Waals surface area contributed by atoms with E-state index < -0.39 is 0 Å². The van der Waals surface area contributed by atoms with Gasteiger partial charge in [0.05, 0.1) is 6.61 Å². The highest BCUT2D eigenvalue weighted by molar-refractivity contribution is 4.85. The molecule has 1 aliphatic rings. The lowest BCUT2D eigenvalue weighted by atomic mass is 9.93. The summed E-state index contributed by atoms with van der Waals surface area (Å²) in [7, 11) is 0. The molecule has 1 aliphatic carbocycles. The average molecular weight is 255 g/mol. The Balaban J connectivity index is 1.95. The predicted molar refractivity (Wildman–Crippen MR) is 78.8 cm³/mol. The summed E-state index contributed by atoms with van der Waals surface area (Å²) in [4.78, 5) is 0. The van der Waals surface area contributed by atoms with Crippen LogP contribution in [0.2, 0.25) is 0 Å². The molecule has 2 N–H and O–H groups in total. The first-order chi connectivity index (χ1) is 8.77. The number of rotatable bonds is 9. The summed E-state index contributed by atoms with van der Waals surface area (Å²) in [6, 6.07) is 0. The van der Waals surface area contributed by atoms with E-state index in [1.165, 1.54) is 64.2 Å². The Morgan fingerprint density at radius 3 is 2.17 bits per heavy atom. The number of hydrogen-bond donors (Lipinski definition) is 1. The van der Waals surface area contributed by atoms with Crippen LogP contribution in [0.25, 0.3) is 0 Å². The van der Waals surface area contributed by atoms with Gasteiger partial charge in [-0.15, -0.1) is 0 Å². The van der Waals surface area contributed by atoms with Crippen molar-refractivity contribution in [2.45, 2.75) is 89.5 Å². The lowest BCUT2D eigenvalue weighted by Gasteiger charge is -2.27. The zero-order valence-electron chi connectivity index (χ0n) is 12.4. The van der Waals surface area contributed by atoms with Crippen LogP contribution in [0.1, 0.15) is 84.0 Å². The molecule has 0 spiro atoms. The van der Waals surface area contributed by atoms with Crippen molar-refractivity contribution in [3.8, 4) is 0 Å². The van der Waals surface area contributed by atoms with Gasteiger partial charge in [-0.1, -0.05) is 64.7 Å². The Hall–Kier alpha value is -0.0800. The summed E-state index contributed by atoms with van der Waals surface area (Å²) >= 11 is 0. The topological polar surface area (TPSA) is 35.2 Å². The molecule has 1 saturated carbocycles. The van der Waals surface area contributed by atoms with Crippen molar-refractivity contribution in [2.24, 2.45) is 5.73 Å². The highest BCUT2D eigenvalue weighted by atomic mass is 16.5. The van der Waals surface area contributed by atoms with Gasteiger partial charge in [0.25, 0.3) is 0 Å². The second-order valence-electron chi connectivity index (χ2n) is 6.10. The van der Waals surface area contributed by atoms with Gasteiger partial charge in [0.2, 0.25) is 0 Å². The maximum absolute atomic E-state index is 6.41. The van der Waals surface area contributed by atoms with Crippen LogP contribution in [0.4, 0.5) is 0 Å². The lowest BCUT2D eigenvalue weighted by Crippen LogP contribution is -2.44. The highest BCUT2D eigenvalue weighted by Crippen LogP contribution is 2.25. The van der Waals surface area contributed by atoms with Crippen LogP contribution in [0.5, 0.6) is 0 Å². The monoisotopic (exact) mass is 255 g/mol. The Morgan fingerprint density at radius 1 is 0.889 bits per heavy atom. The molecule has 0 bridgehead atoms. The second-order valence-corrected chi connectivity index (χ2v) is 6.10. The molecule has 0 heterocycles. The fraction of sp³-hybridized carbons (Fsp3) is 1.00. The van der Waals surface area contributed by atoms with Crippen LogP contribution in [0, 0.1) is 0 Å². The van der Waals surface area contributed by atoms with Crippen molar-refractivity contribution in [1.29, 1.82) is 0 Å². The van der Waals surface area contributed by atoms with Crippen molar-refractivity contribution < 1.29 is 4.74 Å². The van der Waals surface area contributed by atoms with Crippen molar-refractivity contribution in [2.75, 3.05) is 13.2 Å². The Labute approximate surface area is 114 Å². The van der Waals surface area contributed by atoms with E-state index in [9.17, 15) is 0 Å². The van der Waals surface area contributed by atoms with Gasteiger partial charge in [0, 0.05) is 12.1 Å². The molecule has 0 amide bonds. The maximum Gasteiger partial charge on any atom is 0.0646 e. The lowest BCUT2D eigenvalue weighted by molar-refractivity contribution is 0.0752. The first-order valence-corrected chi connectivity index (χ1v) is 8.13. The fourth-order valence-electron chi connectivity index (χ4n) is 2.84. The van der Waals surface area contributed by atoms with Crippen molar-refractivity contribution in [1.82, 2.24) is 0 Å². The molecule has 1 rings (SSSR count). The van der Waals surface area contributed by atoms with E-state index in [2.05, 4.69) is 6.92 Å². The zero-order chi connectivity index (χ0) is 13.1. The van der Waals surface area contributed by atoms with Gasteiger partial charge in [-0.25, -0.2) is 0 Å². The molecular weight excluding hydrogens is 222 g/mol. The SMILES string of the molecule is CCCCCCCCOCC1(N)CCCCCC1. The Morgan fingerprint density at radius 2 is 1.50 bits per heavy atom. The molecule has 0 atom stereocenters. The molecule has 0 aromatic carbocycles. The van der Waals surface area contributed by atoms with Crippen LogP contribution in [0.3, 0.4) is 0 Å². The van der Waals surface area contributed by atoms with Gasteiger partial charge in [0.1, 0.15) is 0 Å². The van der Waals surface area contributed by atoms with Gasteiger partial charge in [-0.2, -0.15) is 0 Å². The highest BCUT2D eigenvalue weighted by Gasteiger charge is 2.26. The van der Waals surface area contributed by atoms with Crippen molar-refractivity contribution in [3.63, 3.8) is 0 Å². The molecule has 2 heteroatoms. The number of nitrogens with two attached hydrogens (primary N) is 1. The summed E-state index contributed by atoms with van der Waals surface area (Å²) in [5.41, 5.74) is 6.40. The van der Waals surface area contributed by atoms with Crippen LogP contribution < -0.4 is 5.73 Å². The summed E-state index contributed by atoms with van der Waals surface area (Å²) < 4.78 is 5.81. The molecule has 0 unspecified atom stereocenters.